The van der Waals surface area contributed by atoms with E-state index in [1.165, 1.54) is 32.9 Å². The Labute approximate surface area is 264 Å². The molecule has 4 aromatic rings. The first-order chi connectivity index (χ1) is 21.0. The first-order valence-corrected chi connectivity index (χ1v) is 17.7. The Kier molecular flexibility index (Phi) is 8.28. The van der Waals surface area contributed by atoms with Gasteiger partial charge in [0.25, 0.3) is 0 Å². The molecule has 0 saturated carbocycles. The van der Waals surface area contributed by atoms with E-state index in [4.69, 9.17) is 11.6 Å². The zero-order valence-electron chi connectivity index (χ0n) is 24.4. The van der Waals surface area contributed by atoms with Crippen molar-refractivity contribution in [1.29, 1.82) is 0 Å². The van der Waals surface area contributed by atoms with Gasteiger partial charge >= 0.3 is 0 Å². The van der Waals surface area contributed by atoms with Crippen molar-refractivity contribution in [3.8, 4) is 0 Å². The second-order valence-corrected chi connectivity index (χ2v) is 15.8. The summed E-state index contributed by atoms with van der Waals surface area (Å²) in [6.45, 7) is 3.70. The average Bonchev–Trinajstić information content (AvgIpc) is 3.01. The Balaban J connectivity index is 1.50. The number of fused-ring (bicyclic) bond motifs is 1. The highest BCUT2D eigenvalue weighted by Crippen LogP contribution is 2.48. The number of rotatable bonds is 6. The van der Waals surface area contributed by atoms with Crippen molar-refractivity contribution in [2.24, 2.45) is 5.92 Å². The molecule has 0 radical (unpaired) electrons. The first kappa shape index (κ1) is 30.7. The van der Waals surface area contributed by atoms with E-state index in [1.807, 2.05) is 68.4 Å². The van der Waals surface area contributed by atoms with Crippen molar-refractivity contribution in [1.82, 2.24) is 8.61 Å². The molecule has 7 nitrogen and oxygen atoms in total. The van der Waals surface area contributed by atoms with E-state index in [9.17, 15) is 21.6 Å². The van der Waals surface area contributed by atoms with E-state index in [0.29, 0.717) is 10.6 Å². The van der Waals surface area contributed by atoms with Crippen LogP contribution in [0.1, 0.15) is 47.2 Å². The van der Waals surface area contributed by atoms with Gasteiger partial charge in [-0.1, -0.05) is 89.5 Å². The van der Waals surface area contributed by atoms with Crippen LogP contribution in [0.2, 0.25) is 5.02 Å². The van der Waals surface area contributed by atoms with Gasteiger partial charge in [-0.25, -0.2) is 16.8 Å². The molecule has 2 heterocycles. The molecule has 6 rings (SSSR count). The number of aryl methyl sites for hydroxylation is 2. The number of ketones is 1. The van der Waals surface area contributed by atoms with Gasteiger partial charge in [-0.2, -0.15) is 8.61 Å². The summed E-state index contributed by atoms with van der Waals surface area (Å²) in [4.78, 5) is 14.2. The maximum Gasteiger partial charge on any atom is 0.243 e. The molecule has 10 heteroatoms. The van der Waals surface area contributed by atoms with Crippen LogP contribution in [-0.2, 0) is 24.8 Å². The molecule has 2 unspecified atom stereocenters. The molecular weight excluding hydrogens is 616 g/mol. The quantitative estimate of drug-likeness (QED) is 0.239. The molecule has 0 N–H and O–H groups in total. The Bertz CT molecular complexity index is 1880. The molecule has 4 atom stereocenters. The fourth-order valence-electron chi connectivity index (χ4n) is 6.43. The van der Waals surface area contributed by atoms with Gasteiger partial charge < -0.3 is 0 Å². The molecule has 2 aliphatic heterocycles. The van der Waals surface area contributed by atoms with Crippen LogP contribution in [0.3, 0.4) is 0 Å². The summed E-state index contributed by atoms with van der Waals surface area (Å²) in [5, 5.41) is 0.407. The fraction of sp³-hybridized carbons (Fsp3) is 0.265. The lowest BCUT2D eigenvalue weighted by Gasteiger charge is -2.51. The van der Waals surface area contributed by atoms with Crippen molar-refractivity contribution in [2.45, 2.75) is 54.6 Å². The van der Waals surface area contributed by atoms with Crippen LogP contribution in [0.15, 0.2) is 113 Å². The molecule has 44 heavy (non-hydrogen) atoms. The highest BCUT2D eigenvalue weighted by atomic mass is 35.5. The predicted octanol–water partition coefficient (Wildman–Crippen LogP) is 6.48. The van der Waals surface area contributed by atoms with Crippen LogP contribution in [-0.4, -0.2) is 43.8 Å². The van der Waals surface area contributed by atoms with E-state index in [0.717, 1.165) is 16.7 Å². The highest BCUT2D eigenvalue weighted by Gasteiger charge is 2.54. The topological polar surface area (TPSA) is 91.8 Å². The van der Waals surface area contributed by atoms with E-state index in [-0.39, 0.29) is 35.0 Å². The molecule has 228 valence electrons. The Morgan fingerprint density at radius 1 is 0.659 bits per heavy atom. The van der Waals surface area contributed by atoms with Crippen molar-refractivity contribution < 1.29 is 21.6 Å². The van der Waals surface area contributed by atoms with Gasteiger partial charge in [0, 0.05) is 29.9 Å². The summed E-state index contributed by atoms with van der Waals surface area (Å²) in [7, 11) is -8.17. The van der Waals surface area contributed by atoms with Gasteiger partial charge in [0.2, 0.25) is 20.0 Å². The van der Waals surface area contributed by atoms with Gasteiger partial charge in [-0.05, 0) is 67.8 Å². The van der Waals surface area contributed by atoms with Gasteiger partial charge in [0.05, 0.1) is 21.9 Å². The summed E-state index contributed by atoms with van der Waals surface area (Å²) < 4.78 is 60.3. The van der Waals surface area contributed by atoms with Crippen molar-refractivity contribution >= 4 is 37.4 Å². The Morgan fingerprint density at radius 2 is 1.18 bits per heavy atom. The maximum atomic E-state index is 14.5. The van der Waals surface area contributed by atoms with Gasteiger partial charge in [-0.15, -0.1) is 0 Å². The van der Waals surface area contributed by atoms with Gasteiger partial charge in [-0.3, -0.25) is 4.79 Å². The van der Waals surface area contributed by atoms with Crippen molar-refractivity contribution in [2.75, 3.05) is 6.54 Å². The minimum absolute atomic E-state index is 0.0640. The maximum absolute atomic E-state index is 14.5. The molecule has 4 aromatic carbocycles. The molecule has 2 fully saturated rings. The molecular formula is C34H33ClN2O5S2. The molecule has 2 aliphatic rings. The summed E-state index contributed by atoms with van der Waals surface area (Å²) in [6.07, 6.45) is 0.0478. The molecule has 0 aliphatic carbocycles. The molecule has 0 aromatic heterocycles. The minimum Gasteiger partial charge on any atom is -0.299 e. The lowest BCUT2D eigenvalue weighted by Crippen LogP contribution is -2.60. The van der Waals surface area contributed by atoms with Crippen LogP contribution in [0.4, 0.5) is 0 Å². The minimum atomic E-state index is -4.14. The first-order valence-electron chi connectivity index (χ1n) is 14.5. The number of carbonyl (C=O) groups excluding carboxylic acids is 1. The second-order valence-electron chi connectivity index (χ2n) is 11.6. The van der Waals surface area contributed by atoms with E-state index in [2.05, 4.69) is 0 Å². The number of Topliss-reactive ketones (excluding diaryl/α,β-unsaturated/α-hetero) is 1. The van der Waals surface area contributed by atoms with Crippen LogP contribution in [0, 0.1) is 19.8 Å². The van der Waals surface area contributed by atoms with E-state index >= 15 is 0 Å². The lowest BCUT2D eigenvalue weighted by atomic mass is 9.77. The highest BCUT2D eigenvalue weighted by molar-refractivity contribution is 7.89. The number of benzene rings is 4. The second kappa shape index (κ2) is 11.9. The van der Waals surface area contributed by atoms with Gasteiger partial charge in [0.1, 0.15) is 5.78 Å². The number of hydrogen-bond acceptors (Lipinski definition) is 5. The number of sulfonamides is 2. The number of hydrogen-bond donors (Lipinski definition) is 0. The van der Waals surface area contributed by atoms with Crippen molar-refractivity contribution in [3.63, 3.8) is 0 Å². The largest absolute Gasteiger partial charge is 0.299 e. The average molecular weight is 649 g/mol. The monoisotopic (exact) mass is 648 g/mol. The third-order valence-electron chi connectivity index (χ3n) is 8.76. The Hall–Kier alpha value is -3.34. The van der Waals surface area contributed by atoms with Gasteiger partial charge in [0.15, 0.2) is 0 Å². The molecule has 2 saturated heterocycles. The van der Waals surface area contributed by atoms with Crippen LogP contribution in [0.25, 0.3) is 0 Å². The zero-order chi connectivity index (χ0) is 31.2. The standard InChI is InChI=1S/C34H33ClN2O5S2/c1-23-8-12-26(13-9-23)32-21-34(38)30-22-36(43(39,40)28-16-10-24(2)11-17-28)31(25-6-4-3-5-7-25)20-33(30)37(32)44(41,42)29-18-14-27(35)15-19-29/h3-19,30-33H,20-22H2,1-2H3/t30-,31?,32?,33+/m1/s1. The number of nitrogens with zero attached hydrogens (tertiary/aromatic N) is 2. The zero-order valence-corrected chi connectivity index (χ0v) is 26.8. The van der Waals surface area contributed by atoms with Crippen LogP contribution in [0.5, 0.6) is 0 Å². The van der Waals surface area contributed by atoms with E-state index in [1.54, 1.807) is 24.3 Å². The summed E-state index contributed by atoms with van der Waals surface area (Å²) in [5.74, 6) is -1.00. The summed E-state index contributed by atoms with van der Waals surface area (Å²) >= 11 is 6.11. The van der Waals surface area contributed by atoms with Crippen LogP contribution < -0.4 is 0 Å². The van der Waals surface area contributed by atoms with E-state index < -0.39 is 44.1 Å². The smallest absolute Gasteiger partial charge is 0.243 e. The fourth-order valence-corrected chi connectivity index (χ4v) is 10.1. The summed E-state index contributed by atoms with van der Waals surface area (Å²) in [6, 6.07) is 27.2. The predicted molar refractivity (Wildman–Crippen MR) is 170 cm³/mol. The lowest BCUT2D eigenvalue weighted by molar-refractivity contribution is -0.132. The molecule has 0 amide bonds. The number of carbonyl (C=O) groups is 1. The number of halogens is 1. The SMILES string of the molecule is Cc1ccc(C2CC(=O)[C@@H]3CN(S(=O)(=O)c4ccc(C)cc4)C(c4ccccc4)C[C@@H]3N2S(=O)(=O)c2ccc(Cl)cc2)cc1. The third kappa shape index (κ3) is 5.63. The molecule has 0 bridgehead atoms. The summed E-state index contributed by atoms with van der Waals surface area (Å²) in [5.41, 5.74) is 3.39. The normalized spacial score (nSPS) is 23.3. The third-order valence-corrected chi connectivity index (χ3v) is 12.8. The number of piperidine rings is 2. The van der Waals surface area contributed by atoms with Crippen molar-refractivity contribution in [3.05, 3.63) is 130 Å². The van der Waals surface area contributed by atoms with Crippen LogP contribution >= 0.6 is 11.6 Å². The molecule has 0 spiro atoms. The Morgan fingerprint density at radius 3 is 1.80 bits per heavy atom.